The van der Waals surface area contributed by atoms with Crippen LogP contribution in [-0.4, -0.2) is 50.2 Å². The molecular formula is C14H19IN6S. The number of nitrogens with two attached hydrogens (primary N) is 1. The number of thioether (sulfide) groups is 1. The highest BCUT2D eigenvalue weighted by atomic mass is 127. The summed E-state index contributed by atoms with van der Waals surface area (Å²) in [6, 6.07) is 8.10. The van der Waals surface area contributed by atoms with E-state index in [2.05, 4.69) is 20.0 Å². The van der Waals surface area contributed by atoms with Crippen LogP contribution in [0.2, 0.25) is 0 Å². The molecule has 2 N–H and O–H groups in total. The van der Waals surface area contributed by atoms with Gasteiger partial charge in [-0.2, -0.15) is 16.9 Å². The molecule has 1 aromatic carbocycles. The molecule has 0 amide bonds. The molecule has 0 aliphatic carbocycles. The Hall–Kier alpha value is -1.29. The zero-order valence-electron chi connectivity index (χ0n) is 12.1. The molecule has 1 aromatic heterocycles. The first-order valence-electron chi connectivity index (χ1n) is 6.89. The second-order valence-electron chi connectivity index (χ2n) is 4.78. The van der Waals surface area contributed by atoms with E-state index in [-0.39, 0.29) is 24.0 Å². The van der Waals surface area contributed by atoms with E-state index < -0.39 is 0 Å². The fourth-order valence-electron chi connectivity index (χ4n) is 2.16. The summed E-state index contributed by atoms with van der Waals surface area (Å²) in [5.41, 5.74) is 8.17. The van der Waals surface area contributed by atoms with E-state index >= 15 is 0 Å². The minimum Gasteiger partial charge on any atom is -0.370 e. The Morgan fingerprint density at radius 3 is 2.59 bits per heavy atom. The van der Waals surface area contributed by atoms with Gasteiger partial charge in [0.15, 0.2) is 5.96 Å². The average Bonchev–Trinajstić information content (AvgIpc) is 3.08. The molecule has 6 nitrogen and oxygen atoms in total. The maximum atomic E-state index is 6.05. The van der Waals surface area contributed by atoms with Gasteiger partial charge in [-0.1, -0.05) is 12.1 Å². The van der Waals surface area contributed by atoms with Crippen LogP contribution in [0.25, 0.3) is 5.69 Å². The minimum absolute atomic E-state index is 0. The quantitative estimate of drug-likeness (QED) is 0.457. The van der Waals surface area contributed by atoms with Crippen molar-refractivity contribution in [1.82, 2.24) is 19.7 Å². The highest BCUT2D eigenvalue weighted by molar-refractivity contribution is 14.0. The van der Waals surface area contributed by atoms with Crippen molar-refractivity contribution in [2.24, 2.45) is 10.7 Å². The third-order valence-corrected chi connectivity index (χ3v) is 4.32. The Balaban J connectivity index is 0.00000176. The van der Waals surface area contributed by atoms with Crippen LogP contribution in [-0.2, 0) is 6.54 Å². The van der Waals surface area contributed by atoms with Gasteiger partial charge in [-0.3, -0.25) is 0 Å². The molecule has 1 aliphatic rings. The molecule has 0 atom stereocenters. The van der Waals surface area contributed by atoms with Gasteiger partial charge in [-0.05, 0) is 17.7 Å². The van der Waals surface area contributed by atoms with E-state index in [1.165, 1.54) is 6.33 Å². The summed E-state index contributed by atoms with van der Waals surface area (Å²) < 4.78 is 1.73. The standard InChI is InChI=1S/C14H18N6S.HI/c15-14(19-5-7-21-8-6-19)17-9-12-1-3-13(4-2-12)20-11-16-10-18-20;/h1-4,10-11H,5-9H2,(H2,15,17);1H. The highest BCUT2D eigenvalue weighted by Gasteiger charge is 2.11. The molecular weight excluding hydrogens is 411 g/mol. The first-order valence-corrected chi connectivity index (χ1v) is 8.05. The predicted molar refractivity (Wildman–Crippen MR) is 101 cm³/mol. The van der Waals surface area contributed by atoms with Gasteiger partial charge in [0.05, 0.1) is 12.2 Å². The van der Waals surface area contributed by atoms with E-state index in [0.29, 0.717) is 12.5 Å². The van der Waals surface area contributed by atoms with Crippen molar-refractivity contribution in [3.05, 3.63) is 42.5 Å². The smallest absolute Gasteiger partial charge is 0.191 e. The van der Waals surface area contributed by atoms with Gasteiger partial charge >= 0.3 is 0 Å². The van der Waals surface area contributed by atoms with Crippen molar-refractivity contribution in [2.45, 2.75) is 6.54 Å². The van der Waals surface area contributed by atoms with Crippen molar-refractivity contribution in [1.29, 1.82) is 0 Å². The summed E-state index contributed by atoms with van der Waals surface area (Å²) in [6.45, 7) is 2.59. The number of hydrogen-bond acceptors (Lipinski definition) is 4. The van der Waals surface area contributed by atoms with Gasteiger partial charge in [0.2, 0.25) is 0 Å². The lowest BCUT2D eigenvalue weighted by molar-refractivity contribution is 0.455. The van der Waals surface area contributed by atoms with Gasteiger partial charge in [0.25, 0.3) is 0 Å². The zero-order valence-corrected chi connectivity index (χ0v) is 15.3. The summed E-state index contributed by atoms with van der Waals surface area (Å²) in [6.07, 6.45) is 3.20. The molecule has 8 heteroatoms. The topological polar surface area (TPSA) is 72.3 Å². The fraction of sp³-hybridized carbons (Fsp3) is 0.357. The highest BCUT2D eigenvalue weighted by Crippen LogP contribution is 2.11. The maximum absolute atomic E-state index is 6.05. The van der Waals surface area contributed by atoms with Crippen LogP contribution in [0.1, 0.15) is 5.56 Å². The number of aliphatic imine (C=N–C) groups is 1. The van der Waals surface area contributed by atoms with E-state index in [1.807, 2.05) is 36.0 Å². The van der Waals surface area contributed by atoms with Crippen LogP contribution in [0.3, 0.4) is 0 Å². The van der Waals surface area contributed by atoms with Crippen molar-refractivity contribution in [3.63, 3.8) is 0 Å². The molecule has 1 saturated heterocycles. The third-order valence-electron chi connectivity index (χ3n) is 3.38. The molecule has 118 valence electrons. The monoisotopic (exact) mass is 430 g/mol. The van der Waals surface area contributed by atoms with Crippen molar-refractivity contribution in [2.75, 3.05) is 24.6 Å². The fourth-order valence-corrected chi connectivity index (χ4v) is 3.06. The normalized spacial score (nSPS) is 15.5. The second-order valence-corrected chi connectivity index (χ2v) is 6.01. The number of aromatic nitrogens is 3. The lowest BCUT2D eigenvalue weighted by atomic mass is 10.2. The predicted octanol–water partition coefficient (Wildman–Crippen LogP) is 1.75. The molecule has 2 aromatic rings. The van der Waals surface area contributed by atoms with Crippen molar-refractivity contribution >= 4 is 41.7 Å². The third kappa shape index (κ3) is 4.35. The molecule has 0 spiro atoms. The summed E-state index contributed by atoms with van der Waals surface area (Å²) in [5.74, 6) is 2.90. The molecule has 22 heavy (non-hydrogen) atoms. The Bertz CT molecular complexity index is 592. The maximum Gasteiger partial charge on any atom is 0.191 e. The van der Waals surface area contributed by atoms with Crippen LogP contribution in [0.15, 0.2) is 41.9 Å². The Labute approximate surface area is 151 Å². The van der Waals surface area contributed by atoms with E-state index in [9.17, 15) is 0 Å². The lowest BCUT2D eigenvalue weighted by Crippen LogP contribution is -2.42. The van der Waals surface area contributed by atoms with Crippen LogP contribution in [0, 0.1) is 0 Å². The summed E-state index contributed by atoms with van der Waals surface area (Å²) in [5, 5.41) is 4.10. The van der Waals surface area contributed by atoms with Crippen LogP contribution < -0.4 is 5.73 Å². The van der Waals surface area contributed by atoms with E-state index in [0.717, 1.165) is 35.8 Å². The van der Waals surface area contributed by atoms with Crippen LogP contribution in [0.4, 0.5) is 0 Å². The largest absolute Gasteiger partial charge is 0.370 e. The van der Waals surface area contributed by atoms with Crippen molar-refractivity contribution in [3.8, 4) is 5.69 Å². The Morgan fingerprint density at radius 2 is 1.95 bits per heavy atom. The molecule has 0 unspecified atom stereocenters. The first-order chi connectivity index (χ1) is 10.3. The SMILES string of the molecule is I.NC(=NCc1ccc(-n2cncn2)cc1)N1CCSCC1. The summed E-state index contributed by atoms with van der Waals surface area (Å²) in [7, 11) is 0. The number of rotatable bonds is 3. The minimum atomic E-state index is 0. The van der Waals surface area contributed by atoms with Crippen LogP contribution >= 0.6 is 35.7 Å². The summed E-state index contributed by atoms with van der Waals surface area (Å²) >= 11 is 1.97. The first kappa shape index (κ1) is 17.1. The Kier molecular flexibility index (Phi) is 6.49. The van der Waals surface area contributed by atoms with E-state index in [1.54, 1.807) is 11.0 Å². The molecule has 0 radical (unpaired) electrons. The number of hydrogen-bond donors (Lipinski definition) is 1. The molecule has 1 fully saturated rings. The molecule has 1 aliphatic heterocycles. The second kappa shape index (κ2) is 8.37. The van der Waals surface area contributed by atoms with Crippen LogP contribution in [0.5, 0.6) is 0 Å². The van der Waals surface area contributed by atoms with Gasteiger partial charge < -0.3 is 10.6 Å². The van der Waals surface area contributed by atoms with Gasteiger partial charge in [0.1, 0.15) is 12.7 Å². The molecule has 0 bridgehead atoms. The average molecular weight is 430 g/mol. The molecule has 0 saturated carbocycles. The number of guanidine groups is 1. The van der Waals surface area contributed by atoms with Gasteiger partial charge in [0, 0.05) is 24.6 Å². The Morgan fingerprint density at radius 1 is 1.23 bits per heavy atom. The van der Waals surface area contributed by atoms with E-state index in [4.69, 9.17) is 5.73 Å². The van der Waals surface area contributed by atoms with Gasteiger partial charge in [-0.15, -0.1) is 24.0 Å². The van der Waals surface area contributed by atoms with Gasteiger partial charge in [-0.25, -0.2) is 14.7 Å². The molecule has 3 rings (SSSR count). The number of halogens is 1. The lowest BCUT2D eigenvalue weighted by Gasteiger charge is -2.27. The number of nitrogens with zero attached hydrogens (tertiary/aromatic N) is 5. The molecule has 2 heterocycles. The summed E-state index contributed by atoms with van der Waals surface area (Å²) in [4.78, 5) is 10.6. The zero-order chi connectivity index (χ0) is 14.5. The number of benzene rings is 1. The van der Waals surface area contributed by atoms with Crippen molar-refractivity contribution < 1.29 is 0 Å².